The van der Waals surface area contributed by atoms with Crippen LogP contribution >= 0.6 is 11.8 Å². The summed E-state index contributed by atoms with van der Waals surface area (Å²) < 4.78 is 0. The van der Waals surface area contributed by atoms with Crippen molar-refractivity contribution in [3.8, 4) is 0 Å². The van der Waals surface area contributed by atoms with Gasteiger partial charge in [-0.3, -0.25) is 9.89 Å². The van der Waals surface area contributed by atoms with Crippen LogP contribution in [0.5, 0.6) is 0 Å². The van der Waals surface area contributed by atoms with Crippen molar-refractivity contribution in [1.82, 2.24) is 15.2 Å². The Kier molecular flexibility index (Phi) is 3.85. The normalized spacial score (nSPS) is 17.8. The molecule has 2 aliphatic rings. The lowest BCUT2D eigenvalue weighted by atomic mass is 10.1. The lowest BCUT2D eigenvalue weighted by molar-refractivity contribution is -0.115. The van der Waals surface area contributed by atoms with Crippen LogP contribution < -0.4 is 5.32 Å². The Balaban J connectivity index is 1.37. The number of hydrogen-bond donors (Lipinski definition) is 2. The number of nitrogens with zero attached hydrogens (tertiary/aromatic N) is 2. The van der Waals surface area contributed by atoms with Crippen molar-refractivity contribution in [3.63, 3.8) is 0 Å². The molecule has 1 atom stereocenters. The van der Waals surface area contributed by atoms with Gasteiger partial charge in [0.15, 0.2) is 0 Å². The van der Waals surface area contributed by atoms with Gasteiger partial charge in [-0.05, 0) is 62.3 Å². The summed E-state index contributed by atoms with van der Waals surface area (Å²) in [6.07, 6.45) is 5.86. The Hall–Kier alpha value is -1.82. The van der Waals surface area contributed by atoms with E-state index in [0.29, 0.717) is 11.1 Å². The number of aromatic amines is 1. The summed E-state index contributed by atoms with van der Waals surface area (Å²) in [5, 5.41) is 10.6. The Bertz CT molecular complexity index is 738. The topological polar surface area (TPSA) is 70.7 Å². The molecule has 0 radical (unpaired) electrons. The Labute approximate surface area is 139 Å². The van der Waals surface area contributed by atoms with Gasteiger partial charge in [0.05, 0.1) is 5.25 Å². The minimum Gasteiger partial charge on any atom is -0.325 e. The highest BCUT2D eigenvalue weighted by Crippen LogP contribution is 2.38. The molecule has 1 saturated carbocycles. The van der Waals surface area contributed by atoms with Crippen molar-refractivity contribution >= 4 is 23.4 Å². The van der Waals surface area contributed by atoms with Crippen molar-refractivity contribution < 1.29 is 4.79 Å². The molecule has 1 fully saturated rings. The van der Waals surface area contributed by atoms with E-state index in [9.17, 15) is 4.79 Å². The number of anilines is 1. The fourth-order valence-corrected chi connectivity index (χ4v) is 3.69. The third-order valence-corrected chi connectivity index (χ3v) is 5.42. The fraction of sp³-hybridized carbons (Fsp3) is 0.471. The third kappa shape index (κ3) is 3.27. The molecule has 1 heterocycles. The number of fused-ring (bicyclic) bond motifs is 1. The molecule has 1 aromatic carbocycles. The van der Waals surface area contributed by atoms with E-state index in [-0.39, 0.29) is 11.2 Å². The van der Waals surface area contributed by atoms with Crippen molar-refractivity contribution in [3.05, 3.63) is 35.2 Å². The van der Waals surface area contributed by atoms with Gasteiger partial charge >= 0.3 is 0 Å². The average molecular weight is 328 g/mol. The number of thioether (sulfide) groups is 1. The van der Waals surface area contributed by atoms with Crippen molar-refractivity contribution in [2.24, 2.45) is 0 Å². The predicted molar refractivity (Wildman–Crippen MR) is 90.8 cm³/mol. The molecule has 0 saturated heterocycles. The van der Waals surface area contributed by atoms with E-state index in [4.69, 9.17) is 0 Å². The minimum absolute atomic E-state index is 0.00859. The van der Waals surface area contributed by atoms with Gasteiger partial charge in [0.2, 0.25) is 11.1 Å². The lowest BCUT2D eigenvalue weighted by Crippen LogP contribution is -2.22. The maximum atomic E-state index is 12.4. The van der Waals surface area contributed by atoms with Crippen molar-refractivity contribution in [2.45, 2.75) is 55.4 Å². The molecule has 0 aliphatic heterocycles. The van der Waals surface area contributed by atoms with Crippen LogP contribution in [0.2, 0.25) is 0 Å². The standard InChI is InChI=1S/C17H20N4OS/c1-10(23-17-19-15(20-21-17)12-5-6-12)16(22)18-14-8-7-11-3-2-4-13(11)9-14/h7-10,12H,2-6H2,1H3,(H,18,22)(H,19,20,21). The lowest BCUT2D eigenvalue weighted by Gasteiger charge is -2.11. The Morgan fingerprint density at radius 1 is 1.35 bits per heavy atom. The number of H-pyrrole nitrogens is 1. The smallest absolute Gasteiger partial charge is 0.237 e. The highest BCUT2D eigenvalue weighted by Gasteiger charge is 2.28. The molecule has 2 N–H and O–H groups in total. The maximum Gasteiger partial charge on any atom is 0.237 e. The summed E-state index contributed by atoms with van der Waals surface area (Å²) in [4.78, 5) is 16.8. The van der Waals surface area contributed by atoms with Crippen LogP contribution in [0.1, 0.15) is 49.1 Å². The van der Waals surface area contributed by atoms with Crippen molar-refractivity contribution in [2.75, 3.05) is 5.32 Å². The van der Waals surface area contributed by atoms with Crippen LogP contribution in [0.4, 0.5) is 5.69 Å². The summed E-state index contributed by atoms with van der Waals surface area (Å²) in [7, 11) is 0. The summed E-state index contributed by atoms with van der Waals surface area (Å²) in [5.41, 5.74) is 3.67. The molecule has 6 heteroatoms. The number of amides is 1. The van der Waals surface area contributed by atoms with Gasteiger partial charge in [-0.1, -0.05) is 17.8 Å². The molecule has 0 spiro atoms. The van der Waals surface area contributed by atoms with E-state index in [2.05, 4.69) is 32.6 Å². The maximum absolute atomic E-state index is 12.4. The van der Waals surface area contributed by atoms with E-state index >= 15 is 0 Å². The van der Waals surface area contributed by atoms with Crippen LogP contribution in [0.15, 0.2) is 23.4 Å². The molecule has 2 aliphatic carbocycles. The van der Waals surface area contributed by atoms with E-state index < -0.39 is 0 Å². The zero-order valence-corrected chi connectivity index (χ0v) is 13.9. The molecule has 0 bridgehead atoms. The van der Waals surface area contributed by atoms with Crippen LogP contribution in [0.3, 0.4) is 0 Å². The molecule has 2 aromatic rings. The second-order valence-electron chi connectivity index (χ2n) is 6.36. The van der Waals surface area contributed by atoms with Gasteiger partial charge in [-0.15, -0.1) is 5.10 Å². The second kappa shape index (κ2) is 6.00. The number of rotatable bonds is 5. The van der Waals surface area contributed by atoms with Gasteiger partial charge < -0.3 is 5.32 Å². The zero-order valence-electron chi connectivity index (χ0n) is 13.1. The summed E-state index contributed by atoms with van der Waals surface area (Å²) in [6, 6.07) is 6.24. The molecule has 1 aromatic heterocycles. The van der Waals surface area contributed by atoms with Gasteiger partial charge in [0.25, 0.3) is 0 Å². The SMILES string of the molecule is CC(Sc1n[nH]c(C2CC2)n1)C(=O)Nc1ccc2c(c1)CCC2. The number of benzene rings is 1. The first-order valence-electron chi connectivity index (χ1n) is 8.20. The highest BCUT2D eigenvalue weighted by atomic mass is 32.2. The van der Waals surface area contributed by atoms with Crippen LogP contribution in [-0.4, -0.2) is 26.3 Å². The number of hydrogen-bond acceptors (Lipinski definition) is 4. The van der Waals surface area contributed by atoms with E-state index in [1.54, 1.807) is 0 Å². The molecule has 120 valence electrons. The molecule has 1 amide bonds. The van der Waals surface area contributed by atoms with Crippen LogP contribution in [0.25, 0.3) is 0 Å². The Morgan fingerprint density at radius 3 is 3.00 bits per heavy atom. The van der Waals surface area contributed by atoms with Gasteiger partial charge in [0.1, 0.15) is 5.82 Å². The number of nitrogens with one attached hydrogen (secondary N) is 2. The van der Waals surface area contributed by atoms with Gasteiger partial charge in [-0.25, -0.2) is 4.98 Å². The number of aromatic nitrogens is 3. The first kappa shape index (κ1) is 14.8. The number of carbonyl (C=O) groups is 1. The van der Waals surface area contributed by atoms with Crippen LogP contribution in [-0.2, 0) is 17.6 Å². The molecular weight excluding hydrogens is 308 g/mol. The van der Waals surface area contributed by atoms with Crippen LogP contribution in [0, 0.1) is 0 Å². The Morgan fingerprint density at radius 2 is 2.17 bits per heavy atom. The quantitative estimate of drug-likeness (QED) is 0.826. The summed E-state index contributed by atoms with van der Waals surface area (Å²) in [6.45, 7) is 1.89. The largest absolute Gasteiger partial charge is 0.325 e. The monoisotopic (exact) mass is 328 g/mol. The average Bonchev–Trinajstić information content (AvgIpc) is 3.11. The minimum atomic E-state index is -0.230. The van der Waals surface area contributed by atoms with Gasteiger partial charge in [-0.2, -0.15) is 0 Å². The van der Waals surface area contributed by atoms with Gasteiger partial charge in [0, 0.05) is 11.6 Å². The number of aryl methyl sites for hydroxylation is 2. The highest BCUT2D eigenvalue weighted by molar-refractivity contribution is 8.00. The molecule has 4 rings (SSSR count). The number of carbonyl (C=O) groups excluding carboxylic acids is 1. The molecule has 23 heavy (non-hydrogen) atoms. The fourth-order valence-electron chi connectivity index (χ4n) is 2.96. The third-order valence-electron chi connectivity index (χ3n) is 4.46. The van der Waals surface area contributed by atoms with Crippen molar-refractivity contribution in [1.29, 1.82) is 0 Å². The molecule has 1 unspecified atom stereocenters. The predicted octanol–water partition coefficient (Wildman–Crippen LogP) is 3.29. The van der Waals surface area contributed by atoms with E-state index in [0.717, 1.165) is 24.4 Å². The zero-order chi connectivity index (χ0) is 15.8. The molecular formula is C17H20N4OS. The molecule has 5 nitrogen and oxygen atoms in total. The van der Waals surface area contributed by atoms with E-state index in [1.165, 1.54) is 42.2 Å². The first-order valence-corrected chi connectivity index (χ1v) is 9.08. The summed E-state index contributed by atoms with van der Waals surface area (Å²) >= 11 is 1.40. The second-order valence-corrected chi connectivity index (χ2v) is 7.67. The summed E-state index contributed by atoms with van der Waals surface area (Å²) in [5.74, 6) is 1.50. The first-order chi connectivity index (χ1) is 11.2. The van der Waals surface area contributed by atoms with E-state index in [1.807, 2.05) is 13.0 Å².